The van der Waals surface area contributed by atoms with Crippen LogP contribution in [0.5, 0.6) is 0 Å². The summed E-state index contributed by atoms with van der Waals surface area (Å²) in [6.45, 7) is 2.98. The standard InChI is InChI=1S/C24H24ClN3O5/c1-3-33-24(32)19-9-4-5-10-20(19)27-21(30)14-28-22(16-7-6-8-17(25)13-16)26-15(2)18(11-12-29)23(28)31/h4-10,13,29H,3,11-12,14H2,1-2H3,(H,27,30). The molecular formula is C24H24ClN3O5. The summed E-state index contributed by atoms with van der Waals surface area (Å²) in [7, 11) is 0. The minimum Gasteiger partial charge on any atom is -0.462 e. The van der Waals surface area contributed by atoms with Gasteiger partial charge in [0.2, 0.25) is 5.91 Å². The van der Waals surface area contributed by atoms with Gasteiger partial charge in [0.05, 0.1) is 17.9 Å². The number of amides is 1. The molecule has 3 aromatic rings. The molecule has 1 amide bonds. The maximum Gasteiger partial charge on any atom is 0.340 e. The number of rotatable bonds is 8. The SMILES string of the molecule is CCOC(=O)c1ccccc1NC(=O)Cn1c(-c2cccc(Cl)c2)nc(C)c(CCO)c1=O. The monoisotopic (exact) mass is 469 g/mol. The summed E-state index contributed by atoms with van der Waals surface area (Å²) in [5.41, 5.74) is 1.40. The molecule has 0 radical (unpaired) electrons. The third-order valence-electron chi connectivity index (χ3n) is 4.91. The molecule has 0 atom stereocenters. The van der Waals surface area contributed by atoms with E-state index in [9.17, 15) is 19.5 Å². The van der Waals surface area contributed by atoms with E-state index in [-0.39, 0.29) is 43.3 Å². The van der Waals surface area contributed by atoms with Gasteiger partial charge in [0.25, 0.3) is 5.56 Å². The Labute approximate surface area is 195 Å². The van der Waals surface area contributed by atoms with Gasteiger partial charge in [0.15, 0.2) is 0 Å². The molecule has 1 aromatic heterocycles. The fourth-order valence-corrected chi connectivity index (χ4v) is 3.60. The van der Waals surface area contributed by atoms with Crippen LogP contribution in [0.25, 0.3) is 11.4 Å². The zero-order valence-electron chi connectivity index (χ0n) is 18.3. The van der Waals surface area contributed by atoms with Crippen LogP contribution in [0.4, 0.5) is 5.69 Å². The number of aliphatic hydroxyl groups excluding tert-OH is 1. The highest BCUT2D eigenvalue weighted by molar-refractivity contribution is 6.30. The van der Waals surface area contributed by atoms with Crippen LogP contribution >= 0.6 is 11.6 Å². The molecule has 0 aliphatic rings. The summed E-state index contributed by atoms with van der Waals surface area (Å²) >= 11 is 6.12. The number of halogens is 1. The Morgan fingerprint density at radius 2 is 1.94 bits per heavy atom. The zero-order valence-corrected chi connectivity index (χ0v) is 19.1. The second-order valence-corrected chi connectivity index (χ2v) is 7.63. The lowest BCUT2D eigenvalue weighted by Crippen LogP contribution is -2.33. The van der Waals surface area contributed by atoms with Crippen LogP contribution in [-0.4, -0.2) is 39.7 Å². The second kappa shape index (κ2) is 10.9. The fraction of sp³-hybridized carbons (Fsp3) is 0.250. The van der Waals surface area contributed by atoms with Crippen LogP contribution in [0.3, 0.4) is 0 Å². The molecule has 3 rings (SSSR count). The maximum atomic E-state index is 13.2. The van der Waals surface area contributed by atoms with Crippen LogP contribution in [-0.2, 0) is 22.5 Å². The van der Waals surface area contributed by atoms with Crippen LogP contribution in [0.1, 0.15) is 28.5 Å². The lowest BCUT2D eigenvalue weighted by Gasteiger charge is -2.16. The zero-order chi connectivity index (χ0) is 24.0. The number of nitrogens with zero attached hydrogens (tertiary/aromatic N) is 2. The van der Waals surface area contributed by atoms with Crippen LogP contribution in [0.15, 0.2) is 53.3 Å². The Bertz CT molecular complexity index is 1240. The molecule has 33 heavy (non-hydrogen) atoms. The maximum absolute atomic E-state index is 13.2. The number of para-hydroxylation sites is 1. The van der Waals surface area contributed by atoms with E-state index in [0.29, 0.717) is 21.8 Å². The van der Waals surface area contributed by atoms with E-state index in [0.717, 1.165) is 0 Å². The van der Waals surface area contributed by atoms with Crippen LogP contribution in [0, 0.1) is 6.92 Å². The van der Waals surface area contributed by atoms with Gasteiger partial charge in [0.1, 0.15) is 12.4 Å². The number of carbonyl (C=O) groups is 2. The molecule has 0 saturated carbocycles. The van der Waals surface area contributed by atoms with Gasteiger partial charge in [-0.1, -0.05) is 35.9 Å². The molecule has 0 fully saturated rings. The number of aromatic nitrogens is 2. The number of esters is 1. The van der Waals surface area contributed by atoms with Crippen molar-refractivity contribution in [3.8, 4) is 11.4 Å². The molecule has 0 unspecified atom stereocenters. The molecular weight excluding hydrogens is 446 g/mol. The summed E-state index contributed by atoms with van der Waals surface area (Å²) < 4.78 is 6.28. The normalized spacial score (nSPS) is 10.7. The molecule has 0 bridgehead atoms. The number of hydrogen-bond acceptors (Lipinski definition) is 6. The average Bonchev–Trinajstić information content (AvgIpc) is 2.79. The first kappa shape index (κ1) is 24.2. The Hall–Kier alpha value is -3.49. The highest BCUT2D eigenvalue weighted by atomic mass is 35.5. The first-order valence-electron chi connectivity index (χ1n) is 10.4. The van der Waals surface area contributed by atoms with Gasteiger partial charge in [-0.2, -0.15) is 0 Å². The number of aryl methyl sites for hydroxylation is 1. The summed E-state index contributed by atoms with van der Waals surface area (Å²) in [6, 6.07) is 13.3. The number of benzene rings is 2. The van der Waals surface area contributed by atoms with Gasteiger partial charge < -0.3 is 15.2 Å². The molecule has 0 aliphatic heterocycles. The Morgan fingerprint density at radius 1 is 1.18 bits per heavy atom. The summed E-state index contributed by atoms with van der Waals surface area (Å²) in [5.74, 6) is -0.819. The van der Waals surface area contributed by atoms with E-state index >= 15 is 0 Å². The van der Waals surface area contributed by atoms with Crippen LogP contribution < -0.4 is 10.9 Å². The van der Waals surface area contributed by atoms with Gasteiger partial charge in [0, 0.05) is 34.9 Å². The first-order valence-corrected chi connectivity index (χ1v) is 10.8. The quantitative estimate of drug-likeness (QED) is 0.490. The van der Waals surface area contributed by atoms with Gasteiger partial charge in [-0.25, -0.2) is 9.78 Å². The molecule has 2 aromatic carbocycles. The third-order valence-corrected chi connectivity index (χ3v) is 5.15. The topological polar surface area (TPSA) is 111 Å². The Morgan fingerprint density at radius 3 is 2.64 bits per heavy atom. The summed E-state index contributed by atoms with van der Waals surface area (Å²) in [5, 5.41) is 12.5. The van der Waals surface area contributed by atoms with Crippen molar-refractivity contribution >= 4 is 29.2 Å². The van der Waals surface area contributed by atoms with E-state index in [4.69, 9.17) is 16.3 Å². The Balaban J connectivity index is 2.01. The molecule has 0 aliphatic carbocycles. The minimum atomic E-state index is -0.563. The first-order chi connectivity index (χ1) is 15.8. The lowest BCUT2D eigenvalue weighted by molar-refractivity contribution is -0.116. The number of ether oxygens (including phenoxy) is 1. The van der Waals surface area contributed by atoms with Crippen molar-refractivity contribution in [2.24, 2.45) is 0 Å². The van der Waals surface area contributed by atoms with Crippen molar-refractivity contribution in [2.45, 2.75) is 26.8 Å². The largest absolute Gasteiger partial charge is 0.462 e. The molecule has 1 heterocycles. The van der Waals surface area contributed by atoms with Crippen LogP contribution in [0.2, 0.25) is 5.02 Å². The number of nitrogens with one attached hydrogen (secondary N) is 1. The molecule has 8 nitrogen and oxygen atoms in total. The van der Waals surface area contributed by atoms with Gasteiger partial charge in [-0.15, -0.1) is 0 Å². The molecule has 0 saturated heterocycles. The number of aliphatic hydroxyl groups is 1. The van der Waals surface area contributed by atoms with Crippen molar-refractivity contribution in [3.05, 3.63) is 80.7 Å². The van der Waals surface area contributed by atoms with Crippen molar-refractivity contribution in [1.82, 2.24) is 9.55 Å². The molecule has 0 spiro atoms. The Kier molecular flexibility index (Phi) is 7.97. The summed E-state index contributed by atoms with van der Waals surface area (Å²) in [6.07, 6.45) is 0.112. The van der Waals surface area contributed by atoms with Gasteiger partial charge in [-0.05, 0) is 38.1 Å². The average molecular weight is 470 g/mol. The molecule has 2 N–H and O–H groups in total. The van der Waals surface area contributed by atoms with Crippen molar-refractivity contribution in [2.75, 3.05) is 18.5 Å². The van der Waals surface area contributed by atoms with E-state index in [2.05, 4.69) is 10.3 Å². The van der Waals surface area contributed by atoms with E-state index in [1.165, 1.54) is 4.57 Å². The van der Waals surface area contributed by atoms with E-state index < -0.39 is 17.4 Å². The smallest absolute Gasteiger partial charge is 0.340 e. The molecule has 172 valence electrons. The second-order valence-electron chi connectivity index (χ2n) is 7.19. The van der Waals surface area contributed by atoms with E-state index in [1.807, 2.05) is 0 Å². The number of hydrogen-bond donors (Lipinski definition) is 2. The number of anilines is 1. The van der Waals surface area contributed by atoms with Gasteiger partial charge in [-0.3, -0.25) is 14.2 Å². The van der Waals surface area contributed by atoms with Crippen molar-refractivity contribution < 1.29 is 19.4 Å². The van der Waals surface area contributed by atoms with Crippen molar-refractivity contribution in [3.63, 3.8) is 0 Å². The molecule has 9 heteroatoms. The highest BCUT2D eigenvalue weighted by Crippen LogP contribution is 2.22. The van der Waals surface area contributed by atoms with E-state index in [1.54, 1.807) is 62.4 Å². The highest BCUT2D eigenvalue weighted by Gasteiger charge is 2.19. The fourth-order valence-electron chi connectivity index (χ4n) is 3.41. The van der Waals surface area contributed by atoms with Gasteiger partial charge >= 0.3 is 5.97 Å². The predicted octanol–water partition coefficient (Wildman–Crippen LogP) is 3.22. The number of carbonyl (C=O) groups excluding carboxylic acids is 2. The third kappa shape index (κ3) is 5.66. The lowest BCUT2D eigenvalue weighted by atomic mass is 10.1. The predicted molar refractivity (Wildman–Crippen MR) is 125 cm³/mol. The van der Waals surface area contributed by atoms with Crippen molar-refractivity contribution in [1.29, 1.82) is 0 Å². The minimum absolute atomic E-state index is 0.112. The summed E-state index contributed by atoms with van der Waals surface area (Å²) in [4.78, 5) is 42.9.